The van der Waals surface area contributed by atoms with Crippen LogP contribution in [-0.4, -0.2) is 115 Å². The van der Waals surface area contributed by atoms with Gasteiger partial charge in [-0.3, -0.25) is 38.5 Å². The van der Waals surface area contributed by atoms with Gasteiger partial charge in [0.2, 0.25) is 23.6 Å². The molecule has 4 amide bonds. The van der Waals surface area contributed by atoms with Crippen LogP contribution in [0.15, 0.2) is 78.9 Å². The molecule has 2 aliphatic rings. The van der Waals surface area contributed by atoms with E-state index in [1.807, 2.05) is 93.3 Å². The van der Waals surface area contributed by atoms with E-state index >= 15 is 0 Å². The fourth-order valence-electron chi connectivity index (χ4n) is 8.20. The van der Waals surface area contributed by atoms with Gasteiger partial charge < -0.3 is 35.5 Å². The zero-order chi connectivity index (χ0) is 48.7. The number of hydrogen-bond acceptors (Lipinski definition) is 11. The second-order valence-electron chi connectivity index (χ2n) is 18.9. The smallest absolute Gasteiger partial charge is 0.308 e. The number of ether oxygens (including phenoxy) is 3. The van der Waals surface area contributed by atoms with Gasteiger partial charge in [0.25, 0.3) is 0 Å². The lowest BCUT2D eigenvalue weighted by Gasteiger charge is -2.35. The molecule has 3 aromatic carbocycles. The fraction of sp³-hybridized carbons (Fsp3) is 0.519. The van der Waals surface area contributed by atoms with Crippen LogP contribution in [0.5, 0.6) is 5.75 Å². The Kier molecular flexibility index (Phi) is 19.4. The summed E-state index contributed by atoms with van der Waals surface area (Å²) in [4.78, 5) is 96.6. The molecule has 4 N–H and O–H groups in total. The van der Waals surface area contributed by atoms with E-state index in [4.69, 9.17) is 14.2 Å². The molecule has 0 aromatic heterocycles. The molecule has 15 heteroatoms. The van der Waals surface area contributed by atoms with Crippen molar-refractivity contribution >= 4 is 41.2 Å². The molecule has 0 spiro atoms. The number of nitrogens with zero attached hydrogens (tertiary/aromatic N) is 1. The van der Waals surface area contributed by atoms with E-state index in [9.17, 15) is 33.6 Å². The summed E-state index contributed by atoms with van der Waals surface area (Å²) >= 11 is 0. The molecule has 5 rings (SSSR count). The Morgan fingerprint density at radius 1 is 0.716 bits per heavy atom. The predicted molar refractivity (Wildman–Crippen MR) is 253 cm³/mol. The van der Waals surface area contributed by atoms with Crippen LogP contribution in [0.4, 0.5) is 0 Å². The minimum Gasteiger partial charge on any atom is -0.426 e. The van der Waals surface area contributed by atoms with Crippen molar-refractivity contribution in [3.05, 3.63) is 101 Å². The third kappa shape index (κ3) is 16.5. The predicted octanol–water partition coefficient (Wildman–Crippen LogP) is 4.71. The standard InChI is InChI=1S/C52H69N5O10/c1-33(2)18-21-43(50(63)56-45(29-38-16-12-9-13-17-38)51(64)55-44(26-34(3)4)48(61)52(7)32-66-52)54-49(62)42(22-19-37-14-10-8-11-15-37)53-47(60)30-57-24-25-65-31-40(57)27-39-20-23-46(67-36(6)59)41(28-39)35(5)58/h8-17,20,23,28,33-34,40,42-45H,18-19,21-22,24-27,29-32H2,1-7H3,(H,53,60)(H,54,62)(H,55,64)(H,56,63)/t40?,42-,43-,44?,45-,52+/m0/s1. The molecule has 0 aliphatic carbocycles. The summed E-state index contributed by atoms with van der Waals surface area (Å²) in [6, 6.07) is 19.7. The number of ketones is 2. The first kappa shape index (κ1) is 52.2. The Hall–Kier alpha value is -5.77. The molecule has 0 radical (unpaired) electrons. The van der Waals surface area contributed by atoms with E-state index in [2.05, 4.69) is 21.3 Å². The van der Waals surface area contributed by atoms with Crippen LogP contribution in [0.2, 0.25) is 0 Å². The largest absolute Gasteiger partial charge is 0.426 e. The number of epoxide rings is 1. The molecule has 2 unspecified atom stereocenters. The first-order valence-electron chi connectivity index (χ1n) is 23.5. The van der Waals surface area contributed by atoms with Crippen molar-refractivity contribution in [2.75, 3.05) is 32.9 Å². The van der Waals surface area contributed by atoms with Gasteiger partial charge in [-0.05, 0) is 93.0 Å². The van der Waals surface area contributed by atoms with E-state index in [0.717, 1.165) is 16.7 Å². The van der Waals surface area contributed by atoms with E-state index in [1.165, 1.54) is 13.8 Å². The van der Waals surface area contributed by atoms with Crippen molar-refractivity contribution in [1.82, 2.24) is 26.2 Å². The lowest BCUT2D eigenvalue weighted by atomic mass is 9.93. The van der Waals surface area contributed by atoms with Crippen LogP contribution in [0, 0.1) is 11.8 Å². The van der Waals surface area contributed by atoms with Gasteiger partial charge in [-0.1, -0.05) is 94.4 Å². The maximum absolute atomic E-state index is 14.4. The summed E-state index contributed by atoms with van der Waals surface area (Å²) in [5, 5.41) is 11.8. The topological polar surface area (TPSA) is 202 Å². The molecule has 67 heavy (non-hydrogen) atoms. The highest BCUT2D eigenvalue weighted by molar-refractivity contribution is 5.99. The summed E-state index contributed by atoms with van der Waals surface area (Å²) in [6.07, 6.45) is 2.50. The van der Waals surface area contributed by atoms with Gasteiger partial charge in [0, 0.05) is 25.9 Å². The van der Waals surface area contributed by atoms with Gasteiger partial charge in [-0.2, -0.15) is 0 Å². The molecule has 0 bridgehead atoms. The summed E-state index contributed by atoms with van der Waals surface area (Å²) in [5.41, 5.74) is 1.86. The molecule has 0 saturated carbocycles. The SMILES string of the molecule is CC(=O)Oc1ccc(CC2COCCN2CC(=O)N[C@@H](CCc2ccccc2)C(=O)N[C@@H](CCC(C)C)C(=O)N[C@@H](Cc2ccccc2)C(=O)NC(CC(C)C)C(=O)[C@@]2(C)CO2)cc1C(C)=O. The average molecular weight is 924 g/mol. The van der Waals surface area contributed by atoms with E-state index in [0.29, 0.717) is 45.4 Å². The van der Waals surface area contributed by atoms with Crippen molar-refractivity contribution in [3.63, 3.8) is 0 Å². The zero-order valence-electron chi connectivity index (χ0n) is 40.1. The molecule has 2 heterocycles. The van der Waals surface area contributed by atoms with Crippen molar-refractivity contribution in [3.8, 4) is 5.75 Å². The first-order chi connectivity index (χ1) is 31.9. The lowest BCUT2D eigenvalue weighted by Crippen LogP contribution is -2.59. The summed E-state index contributed by atoms with van der Waals surface area (Å²) < 4.78 is 16.5. The van der Waals surface area contributed by atoms with Gasteiger partial charge in [0.1, 0.15) is 29.5 Å². The number of Topliss-reactive ketones (excluding diaryl/α,β-unsaturated/α-hetero) is 2. The number of aryl methyl sites for hydroxylation is 1. The summed E-state index contributed by atoms with van der Waals surface area (Å²) in [7, 11) is 0. The van der Waals surface area contributed by atoms with Crippen LogP contribution in [0.3, 0.4) is 0 Å². The highest BCUT2D eigenvalue weighted by Crippen LogP contribution is 2.30. The van der Waals surface area contributed by atoms with Crippen LogP contribution >= 0.6 is 0 Å². The number of hydrogen-bond donors (Lipinski definition) is 4. The van der Waals surface area contributed by atoms with Gasteiger partial charge in [-0.15, -0.1) is 0 Å². The minimum atomic E-state index is -1.08. The van der Waals surface area contributed by atoms with Crippen LogP contribution < -0.4 is 26.0 Å². The van der Waals surface area contributed by atoms with Crippen LogP contribution in [0.25, 0.3) is 0 Å². The third-order valence-corrected chi connectivity index (χ3v) is 12.1. The molecule has 2 aliphatic heterocycles. The number of carbonyl (C=O) groups excluding carboxylic acids is 7. The normalized spacial score (nSPS) is 18.8. The average Bonchev–Trinajstić information content (AvgIpc) is 4.04. The number of benzene rings is 3. The van der Waals surface area contributed by atoms with Gasteiger partial charge in [-0.25, -0.2) is 0 Å². The Bertz CT molecular complexity index is 2180. The summed E-state index contributed by atoms with van der Waals surface area (Å²) in [5.74, 6) is -2.59. The van der Waals surface area contributed by atoms with Crippen LogP contribution in [-0.2, 0) is 57.5 Å². The van der Waals surface area contributed by atoms with Crippen molar-refractivity contribution in [2.45, 2.75) is 129 Å². The quantitative estimate of drug-likeness (QED) is 0.0397. The number of rotatable bonds is 25. The molecule has 362 valence electrons. The Labute approximate surface area is 394 Å². The maximum Gasteiger partial charge on any atom is 0.308 e. The molecule has 3 aromatic rings. The van der Waals surface area contributed by atoms with Crippen molar-refractivity contribution < 1.29 is 47.8 Å². The Morgan fingerprint density at radius 3 is 1.91 bits per heavy atom. The molecule has 2 fully saturated rings. The highest BCUT2D eigenvalue weighted by Gasteiger charge is 2.50. The number of amides is 4. The van der Waals surface area contributed by atoms with E-state index < -0.39 is 59.4 Å². The second kappa shape index (κ2) is 24.8. The second-order valence-corrected chi connectivity index (χ2v) is 18.9. The monoisotopic (exact) mass is 924 g/mol. The zero-order valence-corrected chi connectivity index (χ0v) is 40.1. The van der Waals surface area contributed by atoms with E-state index in [1.54, 1.807) is 25.1 Å². The fourth-order valence-corrected chi connectivity index (χ4v) is 8.20. The van der Waals surface area contributed by atoms with Crippen molar-refractivity contribution in [1.29, 1.82) is 0 Å². The van der Waals surface area contributed by atoms with Crippen molar-refractivity contribution in [2.24, 2.45) is 11.8 Å². The van der Waals surface area contributed by atoms with Gasteiger partial charge in [0.15, 0.2) is 11.6 Å². The summed E-state index contributed by atoms with van der Waals surface area (Å²) in [6.45, 7) is 13.7. The Morgan fingerprint density at radius 2 is 1.31 bits per heavy atom. The third-order valence-electron chi connectivity index (χ3n) is 12.1. The van der Waals surface area contributed by atoms with Gasteiger partial charge >= 0.3 is 5.97 Å². The molecule has 15 nitrogen and oxygen atoms in total. The molecule has 6 atom stereocenters. The van der Waals surface area contributed by atoms with Gasteiger partial charge in [0.05, 0.1) is 38.0 Å². The minimum absolute atomic E-state index is 0.0482. The van der Waals surface area contributed by atoms with Crippen LogP contribution in [0.1, 0.15) is 101 Å². The molecule has 2 saturated heterocycles. The number of morpholine rings is 1. The first-order valence-corrected chi connectivity index (χ1v) is 23.5. The Balaban J connectivity index is 1.34. The number of carbonyl (C=O) groups is 7. The van der Waals surface area contributed by atoms with E-state index in [-0.39, 0.29) is 73.2 Å². The maximum atomic E-state index is 14.4. The number of esters is 1. The molecular weight excluding hydrogens is 855 g/mol. The lowest BCUT2D eigenvalue weighted by molar-refractivity contribution is -0.135. The number of nitrogens with one attached hydrogen (secondary N) is 4. The highest BCUT2D eigenvalue weighted by atomic mass is 16.6. The molecular formula is C52H69N5O10.